The number of H-pyrrole nitrogens is 1. The van der Waals surface area contributed by atoms with Gasteiger partial charge in [0, 0.05) is 18.7 Å². The number of aromatic amines is 1. The number of fused-ring (bicyclic) bond motifs is 1. The molecule has 1 aromatic carbocycles. The Balaban J connectivity index is 1.68. The smallest absolute Gasteiger partial charge is 0.417 e. The average molecular weight is 318 g/mol. The highest BCUT2D eigenvalue weighted by Crippen LogP contribution is 2.21. The number of hydrogen-bond donors (Lipinski definition) is 1. The van der Waals surface area contributed by atoms with Crippen molar-refractivity contribution in [1.82, 2.24) is 9.88 Å². The van der Waals surface area contributed by atoms with Crippen LogP contribution in [-0.2, 0) is 9.53 Å². The molecule has 2 aromatic rings. The lowest BCUT2D eigenvalue weighted by atomic mass is 9.96. The van der Waals surface area contributed by atoms with Crippen LogP contribution in [0.15, 0.2) is 27.4 Å². The van der Waals surface area contributed by atoms with Crippen LogP contribution in [0.2, 0.25) is 0 Å². The van der Waals surface area contributed by atoms with E-state index in [4.69, 9.17) is 9.15 Å². The molecule has 0 aliphatic carbocycles. The molecule has 7 heteroatoms. The molecule has 1 aliphatic rings. The maximum Gasteiger partial charge on any atom is 0.417 e. The Labute approximate surface area is 132 Å². The summed E-state index contributed by atoms with van der Waals surface area (Å²) in [7, 11) is 0. The van der Waals surface area contributed by atoms with Crippen molar-refractivity contribution >= 4 is 23.0 Å². The summed E-state index contributed by atoms with van der Waals surface area (Å²) in [4.78, 5) is 39.7. The number of esters is 1. The number of likely N-dealkylation sites (tertiary alicyclic amines) is 1. The molecule has 0 saturated carbocycles. The Kier molecular flexibility index (Phi) is 4.18. The summed E-state index contributed by atoms with van der Waals surface area (Å²) in [6, 6.07) is 4.87. The van der Waals surface area contributed by atoms with Gasteiger partial charge in [0.25, 0.3) is 5.91 Å². The first-order valence-corrected chi connectivity index (χ1v) is 7.67. The van der Waals surface area contributed by atoms with Gasteiger partial charge >= 0.3 is 11.7 Å². The largest absolute Gasteiger partial charge is 0.466 e. The third-order valence-electron chi connectivity index (χ3n) is 4.07. The van der Waals surface area contributed by atoms with Crippen LogP contribution in [0.3, 0.4) is 0 Å². The van der Waals surface area contributed by atoms with Crippen LogP contribution in [0.4, 0.5) is 0 Å². The number of ether oxygens (including phenoxy) is 1. The minimum Gasteiger partial charge on any atom is -0.466 e. The molecule has 1 amide bonds. The maximum atomic E-state index is 12.5. The van der Waals surface area contributed by atoms with Crippen LogP contribution in [0.1, 0.15) is 30.1 Å². The van der Waals surface area contributed by atoms with Gasteiger partial charge in [-0.25, -0.2) is 4.79 Å². The first-order valence-electron chi connectivity index (χ1n) is 7.67. The molecular weight excluding hydrogens is 300 g/mol. The number of carbonyl (C=O) groups is 2. The minimum absolute atomic E-state index is 0.127. The first kappa shape index (κ1) is 15.3. The Morgan fingerprint density at radius 3 is 2.78 bits per heavy atom. The number of nitrogens with one attached hydrogen (secondary N) is 1. The Morgan fingerprint density at radius 2 is 2.09 bits per heavy atom. The molecule has 0 unspecified atom stereocenters. The molecule has 7 nitrogen and oxygen atoms in total. The lowest BCUT2D eigenvalue weighted by Crippen LogP contribution is -2.40. The Morgan fingerprint density at radius 1 is 1.35 bits per heavy atom. The number of piperidine rings is 1. The minimum atomic E-state index is -0.542. The number of aromatic nitrogens is 1. The van der Waals surface area contributed by atoms with E-state index in [1.807, 2.05) is 0 Å². The van der Waals surface area contributed by atoms with Gasteiger partial charge in [-0.1, -0.05) is 0 Å². The van der Waals surface area contributed by atoms with Gasteiger partial charge in [-0.15, -0.1) is 0 Å². The van der Waals surface area contributed by atoms with E-state index in [-0.39, 0.29) is 17.8 Å². The van der Waals surface area contributed by atoms with Gasteiger partial charge < -0.3 is 14.1 Å². The van der Waals surface area contributed by atoms with E-state index in [1.54, 1.807) is 30.0 Å². The van der Waals surface area contributed by atoms with E-state index < -0.39 is 5.76 Å². The van der Waals surface area contributed by atoms with Crippen molar-refractivity contribution in [1.29, 1.82) is 0 Å². The zero-order valence-electron chi connectivity index (χ0n) is 12.8. The molecule has 1 fully saturated rings. The number of amides is 1. The second-order valence-electron chi connectivity index (χ2n) is 5.54. The maximum absolute atomic E-state index is 12.5. The molecule has 1 N–H and O–H groups in total. The fourth-order valence-electron chi connectivity index (χ4n) is 2.84. The first-order chi connectivity index (χ1) is 11.1. The fraction of sp³-hybridized carbons (Fsp3) is 0.438. The van der Waals surface area contributed by atoms with E-state index in [0.717, 1.165) is 0 Å². The number of hydrogen-bond acceptors (Lipinski definition) is 5. The molecule has 0 atom stereocenters. The van der Waals surface area contributed by atoms with E-state index in [9.17, 15) is 14.4 Å². The van der Waals surface area contributed by atoms with Crippen molar-refractivity contribution in [2.75, 3.05) is 19.7 Å². The fourth-order valence-corrected chi connectivity index (χ4v) is 2.84. The predicted octanol–water partition coefficient (Wildman–Crippen LogP) is 1.54. The van der Waals surface area contributed by atoms with Crippen molar-refractivity contribution in [3.8, 4) is 0 Å². The summed E-state index contributed by atoms with van der Waals surface area (Å²) >= 11 is 0. The summed E-state index contributed by atoms with van der Waals surface area (Å²) in [6.45, 7) is 3.18. The number of benzene rings is 1. The highest BCUT2D eigenvalue weighted by molar-refractivity contribution is 5.97. The van der Waals surface area contributed by atoms with Crippen molar-refractivity contribution in [2.24, 2.45) is 5.92 Å². The molecule has 2 heterocycles. The monoisotopic (exact) mass is 318 g/mol. The molecule has 3 rings (SSSR count). The second-order valence-corrected chi connectivity index (χ2v) is 5.54. The molecule has 1 saturated heterocycles. The highest BCUT2D eigenvalue weighted by Gasteiger charge is 2.28. The van der Waals surface area contributed by atoms with Crippen molar-refractivity contribution < 1.29 is 18.7 Å². The zero-order chi connectivity index (χ0) is 16.4. The van der Waals surface area contributed by atoms with E-state index in [1.165, 1.54) is 0 Å². The number of oxazole rings is 1. The topological polar surface area (TPSA) is 92.6 Å². The van der Waals surface area contributed by atoms with Crippen molar-refractivity contribution in [2.45, 2.75) is 19.8 Å². The number of rotatable bonds is 3. The van der Waals surface area contributed by atoms with Crippen LogP contribution < -0.4 is 5.76 Å². The van der Waals surface area contributed by atoms with Crippen LogP contribution >= 0.6 is 0 Å². The molecule has 1 aliphatic heterocycles. The van der Waals surface area contributed by atoms with Crippen LogP contribution in [0, 0.1) is 5.92 Å². The molecular formula is C16H18N2O5. The molecule has 0 radical (unpaired) electrons. The van der Waals surface area contributed by atoms with Crippen LogP contribution in [0.25, 0.3) is 11.1 Å². The lowest BCUT2D eigenvalue weighted by molar-refractivity contribution is -0.149. The lowest BCUT2D eigenvalue weighted by Gasteiger charge is -2.30. The van der Waals surface area contributed by atoms with E-state index in [2.05, 4.69) is 4.98 Å². The zero-order valence-corrected chi connectivity index (χ0v) is 12.8. The van der Waals surface area contributed by atoms with Crippen molar-refractivity contribution in [3.05, 3.63) is 34.3 Å². The molecule has 122 valence electrons. The standard InChI is InChI=1S/C16H18N2O5/c1-2-22-15(20)10-5-7-18(8-6-10)14(19)11-3-4-12-13(9-11)23-16(21)17-12/h3-4,9-10H,2,5-8H2,1H3,(H,17,21). The van der Waals surface area contributed by atoms with Gasteiger partial charge in [-0.3, -0.25) is 14.6 Å². The van der Waals surface area contributed by atoms with Crippen molar-refractivity contribution in [3.63, 3.8) is 0 Å². The van der Waals surface area contributed by atoms with Gasteiger partial charge in [-0.05, 0) is 38.0 Å². The van der Waals surface area contributed by atoms with Gasteiger partial charge in [0.2, 0.25) is 0 Å². The molecule has 0 bridgehead atoms. The summed E-state index contributed by atoms with van der Waals surface area (Å²) in [5, 5.41) is 0. The van der Waals surface area contributed by atoms with Gasteiger partial charge in [-0.2, -0.15) is 0 Å². The SMILES string of the molecule is CCOC(=O)C1CCN(C(=O)c2ccc3[nH]c(=O)oc3c2)CC1. The molecule has 1 aromatic heterocycles. The summed E-state index contributed by atoms with van der Waals surface area (Å²) in [5.74, 6) is -0.989. The Bertz CT molecular complexity index is 783. The number of carbonyl (C=O) groups excluding carboxylic acids is 2. The van der Waals surface area contributed by atoms with Crippen LogP contribution in [-0.4, -0.2) is 41.5 Å². The van der Waals surface area contributed by atoms with E-state index in [0.29, 0.717) is 49.2 Å². The van der Waals surface area contributed by atoms with Gasteiger partial charge in [0.15, 0.2) is 5.58 Å². The van der Waals surface area contributed by atoms with E-state index >= 15 is 0 Å². The quantitative estimate of drug-likeness (QED) is 0.867. The third kappa shape index (κ3) is 3.13. The highest BCUT2D eigenvalue weighted by atomic mass is 16.5. The van der Waals surface area contributed by atoms with Gasteiger partial charge in [0.05, 0.1) is 18.0 Å². The predicted molar refractivity (Wildman–Crippen MR) is 82.1 cm³/mol. The Hall–Kier alpha value is -2.57. The summed E-state index contributed by atoms with van der Waals surface area (Å²) < 4.78 is 10.0. The number of nitrogens with zero attached hydrogens (tertiary/aromatic N) is 1. The summed E-state index contributed by atoms with van der Waals surface area (Å²) in [5.41, 5.74) is 1.39. The molecule has 23 heavy (non-hydrogen) atoms. The van der Waals surface area contributed by atoms with Crippen LogP contribution in [0.5, 0.6) is 0 Å². The van der Waals surface area contributed by atoms with Gasteiger partial charge in [0.1, 0.15) is 0 Å². The normalized spacial score (nSPS) is 15.8. The average Bonchev–Trinajstić information content (AvgIpc) is 2.93. The second kappa shape index (κ2) is 6.28. The molecule has 0 spiro atoms. The summed E-state index contributed by atoms with van der Waals surface area (Å²) in [6.07, 6.45) is 1.21. The third-order valence-corrected chi connectivity index (χ3v) is 4.07.